The predicted octanol–water partition coefficient (Wildman–Crippen LogP) is 3.49. The molecular formula is C16H15ClN4O4S. The van der Waals surface area contributed by atoms with Crippen LogP contribution < -0.4 is 10.7 Å². The number of rotatable bonds is 7. The van der Waals surface area contributed by atoms with E-state index in [2.05, 4.69) is 15.8 Å². The minimum absolute atomic E-state index is 0.00856. The van der Waals surface area contributed by atoms with E-state index in [9.17, 15) is 19.7 Å². The summed E-state index contributed by atoms with van der Waals surface area (Å²) in [6.07, 6.45) is 1.25. The van der Waals surface area contributed by atoms with Crippen molar-refractivity contribution < 1.29 is 14.5 Å². The van der Waals surface area contributed by atoms with Crippen LogP contribution in [0.3, 0.4) is 0 Å². The van der Waals surface area contributed by atoms with Gasteiger partial charge in [0.25, 0.3) is 0 Å². The van der Waals surface area contributed by atoms with Crippen molar-refractivity contribution in [1.29, 1.82) is 0 Å². The number of carbonyl (C=O) groups excluding carboxylic acids is 2. The number of nitro groups is 1. The Morgan fingerprint density at radius 1 is 1.27 bits per heavy atom. The van der Waals surface area contributed by atoms with Crippen molar-refractivity contribution in [2.45, 2.75) is 19.8 Å². The first-order valence-corrected chi connectivity index (χ1v) is 8.67. The Morgan fingerprint density at radius 3 is 2.69 bits per heavy atom. The zero-order valence-electron chi connectivity index (χ0n) is 13.7. The zero-order valence-corrected chi connectivity index (χ0v) is 15.3. The van der Waals surface area contributed by atoms with Crippen LogP contribution in [0, 0.1) is 17.0 Å². The standard InChI is InChI=1S/C16H15ClN4O4S/c1-10-12(17)3-2-4-13(10)19-14(22)6-7-15(23)20-18-9-11-5-8-16(26-11)21(24)25/h2-5,8-9H,6-7H2,1H3,(H,19,22)(H,20,23)/b18-9-. The van der Waals surface area contributed by atoms with Crippen LogP contribution in [0.15, 0.2) is 35.4 Å². The van der Waals surface area contributed by atoms with E-state index in [4.69, 9.17) is 11.6 Å². The molecule has 136 valence electrons. The van der Waals surface area contributed by atoms with E-state index in [-0.39, 0.29) is 23.7 Å². The number of halogens is 1. The van der Waals surface area contributed by atoms with Gasteiger partial charge in [-0.25, -0.2) is 5.43 Å². The second-order valence-electron chi connectivity index (χ2n) is 5.19. The second-order valence-corrected chi connectivity index (χ2v) is 6.69. The van der Waals surface area contributed by atoms with E-state index >= 15 is 0 Å². The fourth-order valence-electron chi connectivity index (χ4n) is 1.92. The number of hydrogen-bond donors (Lipinski definition) is 2. The fraction of sp³-hybridized carbons (Fsp3) is 0.188. The molecule has 8 nitrogen and oxygen atoms in total. The van der Waals surface area contributed by atoms with Crippen molar-refractivity contribution in [3.05, 3.63) is 55.9 Å². The number of nitrogens with one attached hydrogen (secondary N) is 2. The summed E-state index contributed by atoms with van der Waals surface area (Å²) >= 11 is 6.92. The Morgan fingerprint density at radius 2 is 2.00 bits per heavy atom. The van der Waals surface area contributed by atoms with Gasteiger partial charge in [-0.05, 0) is 30.7 Å². The molecule has 0 atom stereocenters. The van der Waals surface area contributed by atoms with Gasteiger partial charge in [-0.15, -0.1) is 0 Å². The Labute approximate surface area is 158 Å². The number of hydrazone groups is 1. The molecule has 2 rings (SSSR count). The number of amides is 2. The minimum atomic E-state index is -0.499. The van der Waals surface area contributed by atoms with Crippen LogP contribution in [0.5, 0.6) is 0 Å². The number of thiophene rings is 1. The molecule has 1 aromatic heterocycles. The third-order valence-electron chi connectivity index (χ3n) is 3.29. The Kier molecular flexibility index (Phi) is 6.81. The molecule has 0 unspecified atom stereocenters. The summed E-state index contributed by atoms with van der Waals surface area (Å²) in [5, 5.41) is 17.5. The van der Waals surface area contributed by atoms with E-state index in [1.54, 1.807) is 25.1 Å². The van der Waals surface area contributed by atoms with Crippen molar-refractivity contribution in [3.8, 4) is 0 Å². The summed E-state index contributed by atoms with van der Waals surface area (Å²) in [4.78, 5) is 34.2. The third kappa shape index (κ3) is 5.64. The van der Waals surface area contributed by atoms with Crippen LogP contribution in [0.4, 0.5) is 10.7 Å². The molecule has 0 aliphatic carbocycles. The molecule has 0 fully saturated rings. The molecule has 0 saturated heterocycles. The molecular weight excluding hydrogens is 380 g/mol. The summed E-state index contributed by atoms with van der Waals surface area (Å²) in [5.74, 6) is -0.756. The Balaban J connectivity index is 1.77. The molecule has 2 aromatic rings. The fourth-order valence-corrected chi connectivity index (χ4v) is 2.78. The monoisotopic (exact) mass is 394 g/mol. The average Bonchev–Trinajstić information content (AvgIpc) is 3.06. The molecule has 26 heavy (non-hydrogen) atoms. The molecule has 0 spiro atoms. The van der Waals surface area contributed by atoms with Gasteiger partial charge >= 0.3 is 5.00 Å². The molecule has 0 bridgehead atoms. The van der Waals surface area contributed by atoms with Gasteiger partial charge in [-0.2, -0.15) is 5.10 Å². The Bertz CT molecular complexity index is 866. The van der Waals surface area contributed by atoms with Crippen LogP contribution in [0.25, 0.3) is 0 Å². The molecule has 2 amide bonds. The molecule has 10 heteroatoms. The SMILES string of the molecule is Cc1c(Cl)cccc1NC(=O)CCC(=O)N/N=C\c1ccc([N+](=O)[O-])s1. The first-order valence-electron chi connectivity index (χ1n) is 7.48. The number of nitrogens with zero attached hydrogens (tertiary/aromatic N) is 2. The average molecular weight is 395 g/mol. The molecule has 1 heterocycles. The molecule has 1 aromatic carbocycles. The smallest absolute Gasteiger partial charge is 0.324 e. The maximum Gasteiger partial charge on any atom is 0.324 e. The van der Waals surface area contributed by atoms with Crippen LogP contribution >= 0.6 is 22.9 Å². The van der Waals surface area contributed by atoms with Crippen molar-refractivity contribution in [2.75, 3.05) is 5.32 Å². The van der Waals surface area contributed by atoms with E-state index in [1.165, 1.54) is 18.3 Å². The topological polar surface area (TPSA) is 114 Å². The number of hydrogen-bond acceptors (Lipinski definition) is 6. The zero-order chi connectivity index (χ0) is 19.1. The number of benzene rings is 1. The van der Waals surface area contributed by atoms with E-state index in [0.717, 1.165) is 16.9 Å². The molecule has 2 N–H and O–H groups in total. The summed E-state index contributed by atoms with van der Waals surface area (Å²) in [6, 6.07) is 8.06. The van der Waals surface area contributed by atoms with Crippen molar-refractivity contribution in [3.63, 3.8) is 0 Å². The first-order chi connectivity index (χ1) is 12.4. The first kappa shape index (κ1) is 19.5. The van der Waals surface area contributed by atoms with Gasteiger partial charge in [-0.3, -0.25) is 19.7 Å². The highest BCUT2D eigenvalue weighted by molar-refractivity contribution is 7.16. The summed E-state index contributed by atoms with van der Waals surface area (Å²) < 4.78 is 0. The predicted molar refractivity (Wildman–Crippen MR) is 101 cm³/mol. The summed E-state index contributed by atoms with van der Waals surface area (Å²) in [6.45, 7) is 1.79. The maximum absolute atomic E-state index is 11.9. The van der Waals surface area contributed by atoms with Gasteiger partial charge in [0.1, 0.15) is 0 Å². The minimum Gasteiger partial charge on any atom is -0.326 e. The van der Waals surface area contributed by atoms with Gasteiger partial charge in [0, 0.05) is 29.6 Å². The van der Waals surface area contributed by atoms with Crippen molar-refractivity contribution in [1.82, 2.24) is 5.43 Å². The van der Waals surface area contributed by atoms with Crippen molar-refractivity contribution in [2.24, 2.45) is 5.10 Å². The number of carbonyl (C=O) groups is 2. The highest BCUT2D eigenvalue weighted by atomic mass is 35.5. The van der Waals surface area contributed by atoms with Gasteiger partial charge < -0.3 is 5.32 Å². The van der Waals surface area contributed by atoms with Crippen LogP contribution in [0.1, 0.15) is 23.3 Å². The lowest BCUT2D eigenvalue weighted by Gasteiger charge is -2.09. The highest BCUT2D eigenvalue weighted by Crippen LogP contribution is 2.23. The summed E-state index contributed by atoms with van der Waals surface area (Å²) in [7, 11) is 0. The Hall–Kier alpha value is -2.78. The van der Waals surface area contributed by atoms with Gasteiger partial charge in [0.05, 0.1) is 16.0 Å². The maximum atomic E-state index is 11.9. The van der Waals surface area contributed by atoms with E-state index in [0.29, 0.717) is 15.6 Å². The quantitative estimate of drug-likeness (QED) is 0.425. The molecule has 0 radical (unpaired) electrons. The lowest BCUT2D eigenvalue weighted by Crippen LogP contribution is -2.20. The van der Waals surface area contributed by atoms with Crippen LogP contribution in [0.2, 0.25) is 5.02 Å². The lowest BCUT2D eigenvalue weighted by molar-refractivity contribution is -0.380. The van der Waals surface area contributed by atoms with Gasteiger partial charge in [0.2, 0.25) is 11.8 Å². The van der Waals surface area contributed by atoms with Crippen molar-refractivity contribution >= 4 is 51.7 Å². The molecule has 0 saturated carbocycles. The lowest BCUT2D eigenvalue weighted by atomic mass is 10.2. The van der Waals surface area contributed by atoms with Crippen LogP contribution in [-0.4, -0.2) is 23.0 Å². The van der Waals surface area contributed by atoms with E-state index < -0.39 is 10.8 Å². The number of anilines is 1. The van der Waals surface area contributed by atoms with E-state index in [1.807, 2.05) is 0 Å². The van der Waals surface area contributed by atoms with Crippen LogP contribution in [-0.2, 0) is 9.59 Å². The largest absolute Gasteiger partial charge is 0.326 e. The highest BCUT2D eigenvalue weighted by Gasteiger charge is 2.10. The van der Waals surface area contributed by atoms with Gasteiger partial charge in [-0.1, -0.05) is 29.0 Å². The summed E-state index contributed by atoms with van der Waals surface area (Å²) in [5.41, 5.74) is 3.62. The molecule has 0 aliphatic rings. The normalized spacial score (nSPS) is 10.7. The van der Waals surface area contributed by atoms with Gasteiger partial charge in [0.15, 0.2) is 0 Å². The molecule has 0 aliphatic heterocycles. The third-order valence-corrected chi connectivity index (χ3v) is 4.68. The second kappa shape index (κ2) is 9.07.